The van der Waals surface area contributed by atoms with Gasteiger partial charge in [-0.2, -0.15) is 0 Å². The molecule has 1 aliphatic rings. The van der Waals surface area contributed by atoms with Gasteiger partial charge in [-0.1, -0.05) is 0 Å². The molecule has 1 aliphatic heterocycles. The van der Waals surface area contributed by atoms with E-state index in [2.05, 4.69) is 0 Å². The first-order chi connectivity index (χ1) is 8.72. The molecule has 1 fully saturated rings. The maximum atomic E-state index is 12.2. The molecule has 0 atom stereocenters. The van der Waals surface area contributed by atoms with Gasteiger partial charge in [0.1, 0.15) is 5.54 Å². The summed E-state index contributed by atoms with van der Waals surface area (Å²) in [4.78, 5) is 47.3. The molecule has 0 aliphatic carbocycles. The third-order valence-corrected chi connectivity index (χ3v) is 3.42. The summed E-state index contributed by atoms with van der Waals surface area (Å²) in [7, 11) is 2.68. The van der Waals surface area contributed by atoms with Crippen molar-refractivity contribution in [3.05, 3.63) is 0 Å². The Hall–Kier alpha value is -2.12. The van der Waals surface area contributed by atoms with Gasteiger partial charge >= 0.3 is 18.0 Å². The van der Waals surface area contributed by atoms with E-state index in [-0.39, 0.29) is 25.7 Å². The van der Waals surface area contributed by atoms with Crippen LogP contribution in [0.15, 0.2) is 0 Å². The van der Waals surface area contributed by atoms with Crippen molar-refractivity contribution in [1.82, 2.24) is 9.80 Å². The number of nitrogens with zero attached hydrogens (tertiary/aromatic N) is 2. The fourth-order valence-corrected chi connectivity index (χ4v) is 2.25. The molecule has 0 saturated carbocycles. The number of carbonyl (C=O) groups excluding carboxylic acids is 2. The smallest absolute Gasteiger partial charge is 0.327 e. The summed E-state index contributed by atoms with van der Waals surface area (Å²) in [6.45, 7) is 0. The zero-order valence-electron chi connectivity index (χ0n) is 10.8. The Kier molecular flexibility index (Phi) is 4.13. The number of carbonyl (C=O) groups is 4. The van der Waals surface area contributed by atoms with Crippen LogP contribution in [0.5, 0.6) is 0 Å². The van der Waals surface area contributed by atoms with Gasteiger partial charge in [-0.05, 0) is 12.8 Å². The molecule has 0 bridgehead atoms. The molecular weight excluding hydrogens is 256 g/mol. The standard InChI is InChI=1S/C11H16N2O6/c1-12-9(18)11(5-3-7(14)15,6-4-8(16)17)13(2)10(12)19/h3-6H2,1-2H3,(H,14,15)(H,16,17). The van der Waals surface area contributed by atoms with E-state index in [9.17, 15) is 19.2 Å². The van der Waals surface area contributed by atoms with Gasteiger partial charge < -0.3 is 15.1 Å². The summed E-state index contributed by atoms with van der Waals surface area (Å²) < 4.78 is 0. The second-order valence-electron chi connectivity index (χ2n) is 4.52. The van der Waals surface area contributed by atoms with Crippen molar-refractivity contribution in [3.63, 3.8) is 0 Å². The number of imide groups is 1. The van der Waals surface area contributed by atoms with Crippen LogP contribution in [-0.2, 0) is 14.4 Å². The van der Waals surface area contributed by atoms with E-state index in [1.165, 1.54) is 14.1 Å². The molecule has 1 saturated heterocycles. The molecule has 0 unspecified atom stereocenters. The Bertz CT molecular complexity index is 415. The number of hydrogen-bond acceptors (Lipinski definition) is 4. The number of likely N-dealkylation sites (N-methyl/N-ethyl adjacent to an activating group) is 2. The van der Waals surface area contributed by atoms with E-state index in [0.717, 1.165) is 9.80 Å². The Morgan fingerprint density at radius 3 is 1.74 bits per heavy atom. The van der Waals surface area contributed by atoms with Crippen molar-refractivity contribution in [2.45, 2.75) is 31.2 Å². The zero-order valence-corrected chi connectivity index (χ0v) is 10.8. The Morgan fingerprint density at radius 1 is 1.05 bits per heavy atom. The fourth-order valence-electron chi connectivity index (χ4n) is 2.25. The molecule has 1 heterocycles. The molecule has 8 heteroatoms. The van der Waals surface area contributed by atoms with Crippen molar-refractivity contribution in [2.24, 2.45) is 0 Å². The molecule has 106 valence electrons. The van der Waals surface area contributed by atoms with Crippen molar-refractivity contribution >= 4 is 23.9 Å². The SMILES string of the molecule is CN1C(=O)N(C)C(CCC(=O)O)(CCC(=O)O)C1=O. The maximum absolute atomic E-state index is 12.2. The minimum absolute atomic E-state index is 0.0962. The summed E-state index contributed by atoms with van der Waals surface area (Å²) in [6, 6.07) is -0.555. The van der Waals surface area contributed by atoms with Crippen molar-refractivity contribution < 1.29 is 29.4 Å². The molecule has 0 aromatic heterocycles. The second-order valence-corrected chi connectivity index (χ2v) is 4.52. The van der Waals surface area contributed by atoms with Crippen molar-refractivity contribution in [1.29, 1.82) is 0 Å². The monoisotopic (exact) mass is 272 g/mol. The average Bonchev–Trinajstić information content (AvgIpc) is 2.49. The lowest BCUT2D eigenvalue weighted by molar-refractivity contribution is -0.139. The van der Waals surface area contributed by atoms with E-state index in [1.807, 2.05) is 0 Å². The highest BCUT2D eigenvalue weighted by atomic mass is 16.4. The molecule has 2 N–H and O–H groups in total. The predicted molar refractivity (Wildman–Crippen MR) is 62.4 cm³/mol. The average molecular weight is 272 g/mol. The van der Waals surface area contributed by atoms with Gasteiger partial charge in [-0.25, -0.2) is 4.79 Å². The first kappa shape index (κ1) is 14.9. The van der Waals surface area contributed by atoms with Crippen LogP contribution in [0, 0.1) is 0 Å². The quantitative estimate of drug-likeness (QED) is 0.656. The molecule has 19 heavy (non-hydrogen) atoms. The van der Waals surface area contributed by atoms with Gasteiger partial charge in [0.15, 0.2) is 0 Å². The van der Waals surface area contributed by atoms with Gasteiger partial charge in [0, 0.05) is 26.9 Å². The third-order valence-electron chi connectivity index (χ3n) is 3.42. The van der Waals surface area contributed by atoms with Crippen LogP contribution in [0.3, 0.4) is 0 Å². The zero-order chi connectivity index (χ0) is 14.8. The first-order valence-electron chi connectivity index (χ1n) is 5.72. The molecule has 0 radical (unpaired) electrons. The van der Waals surface area contributed by atoms with Crippen LogP contribution in [0.4, 0.5) is 4.79 Å². The highest BCUT2D eigenvalue weighted by Crippen LogP contribution is 2.34. The largest absolute Gasteiger partial charge is 0.481 e. The minimum Gasteiger partial charge on any atom is -0.481 e. The lowest BCUT2D eigenvalue weighted by Gasteiger charge is -2.31. The van der Waals surface area contributed by atoms with Crippen LogP contribution < -0.4 is 0 Å². The van der Waals surface area contributed by atoms with E-state index in [1.54, 1.807) is 0 Å². The topological polar surface area (TPSA) is 115 Å². The lowest BCUT2D eigenvalue weighted by atomic mass is 9.87. The van der Waals surface area contributed by atoms with Gasteiger partial charge in [0.25, 0.3) is 5.91 Å². The fraction of sp³-hybridized carbons (Fsp3) is 0.636. The van der Waals surface area contributed by atoms with Crippen molar-refractivity contribution in [2.75, 3.05) is 14.1 Å². The van der Waals surface area contributed by atoms with E-state index in [4.69, 9.17) is 10.2 Å². The highest BCUT2D eigenvalue weighted by Gasteiger charge is 2.53. The highest BCUT2D eigenvalue weighted by molar-refractivity contribution is 6.06. The Labute approximate surface area is 109 Å². The van der Waals surface area contributed by atoms with Crippen LogP contribution in [0.1, 0.15) is 25.7 Å². The normalized spacial score (nSPS) is 18.0. The first-order valence-corrected chi connectivity index (χ1v) is 5.72. The molecular formula is C11H16N2O6. The number of urea groups is 1. The molecule has 0 spiro atoms. The molecule has 0 aromatic carbocycles. The Morgan fingerprint density at radius 2 is 1.47 bits per heavy atom. The summed E-state index contributed by atoms with van der Waals surface area (Å²) in [5.74, 6) is -2.75. The number of aliphatic carboxylic acids is 2. The van der Waals surface area contributed by atoms with Crippen LogP contribution in [-0.4, -0.2) is 63.5 Å². The van der Waals surface area contributed by atoms with Gasteiger partial charge in [-0.15, -0.1) is 0 Å². The maximum Gasteiger partial charge on any atom is 0.327 e. The molecule has 0 aromatic rings. The number of carboxylic acids is 2. The number of hydrogen-bond donors (Lipinski definition) is 2. The molecule has 1 rings (SSSR count). The summed E-state index contributed by atoms with van der Waals surface area (Å²) in [5.41, 5.74) is -1.37. The summed E-state index contributed by atoms with van der Waals surface area (Å²) >= 11 is 0. The number of rotatable bonds is 6. The number of amides is 3. The van der Waals surface area contributed by atoms with Crippen molar-refractivity contribution in [3.8, 4) is 0 Å². The third kappa shape index (κ3) is 2.67. The summed E-state index contributed by atoms with van der Waals surface area (Å²) in [6.07, 6.45) is -0.810. The van der Waals surface area contributed by atoms with Crippen LogP contribution >= 0.6 is 0 Å². The van der Waals surface area contributed by atoms with Gasteiger partial charge in [0.05, 0.1) is 0 Å². The number of carboxylic acid groups (broad SMARTS) is 2. The summed E-state index contributed by atoms with van der Waals surface area (Å²) in [5, 5.41) is 17.5. The molecule has 3 amide bonds. The predicted octanol–water partition coefficient (Wildman–Crippen LogP) is -0.0214. The molecule has 8 nitrogen and oxygen atoms in total. The van der Waals surface area contributed by atoms with E-state index in [0.29, 0.717) is 0 Å². The van der Waals surface area contributed by atoms with E-state index >= 15 is 0 Å². The minimum atomic E-state index is -1.37. The van der Waals surface area contributed by atoms with E-state index < -0.39 is 29.4 Å². The van der Waals surface area contributed by atoms with Crippen LogP contribution in [0.2, 0.25) is 0 Å². The van der Waals surface area contributed by atoms with Gasteiger partial charge in [0.2, 0.25) is 0 Å². The Balaban J connectivity index is 3.03. The van der Waals surface area contributed by atoms with Crippen LogP contribution in [0.25, 0.3) is 0 Å². The van der Waals surface area contributed by atoms with Gasteiger partial charge in [-0.3, -0.25) is 19.3 Å². The second kappa shape index (κ2) is 5.25. The lowest BCUT2D eigenvalue weighted by Crippen LogP contribution is -2.48.